The molecule has 100 valence electrons. The van der Waals surface area contributed by atoms with E-state index < -0.39 is 0 Å². The zero-order valence-corrected chi connectivity index (χ0v) is 13.2. The monoisotopic (exact) mass is 345 g/mol. The SMILES string of the molecule is Cc1ccc(-c2n[nH]c(=S)n2-c2ccccc2)c(Br)c1. The molecule has 3 nitrogen and oxygen atoms in total. The van der Waals surface area contributed by atoms with Gasteiger partial charge in [0.2, 0.25) is 0 Å². The molecule has 1 N–H and O–H groups in total. The van der Waals surface area contributed by atoms with E-state index in [0.29, 0.717) is 4.77 Å². The van der Waals surface area contributed by atoms with Crippen molar-refractivity contribution in [3.63, 3.8) is 0 Å². The Balaban J connectivity index is 2.24. The van der Waals surface area contributed by atoms with Crippen molar-refractivity contribution in [3.8, 4) is 17.1 Å². The lowest BCUT2D eigenvalue weighted by atomic mass is 10.1. The number of para-hydroxylation sites is 1. The van der Waals surface area contributed by atoms with Crippen LogP contribution in [0.15, 0.2) is 53.0 Å². The number of aromatic amines is 1. The number of benzene rings is 2. The Kier molecular flexibility index (Phi) is 3.54. The van der Waals surface area contributed by atoms with Crippen molar-refractivity contribution in [2.75, 3.05) is 0 Å². The highest BCUT2D eigenvalue weighted by molar-refractivity contribution is 9.10. The molecule has 1 heterocycles. The van der Waals surface area contributed by atoms with Crippen LogP contribution in [0.25, 0.3) is 17.1 Å². The molecule has 0 amide bonds. The van der Waals surface area contributed by atoms with Gasteiger partial charge >= 0.3 is 0 Å². The summed E-state index contributed by atoms with van der Waals surface area (Å²) in [6.45, 7) is 2.06. The van der Waals surface area contributed by atoms with E-state index in [4.69, 9.17) is 12.2 Å². The minimum Gasteiger partial charge on any atom is -0.268 e. The van der Waals surface area contributed by atoms with Crippen molar-refractivity contribution in [1.29, 1.82) is 0 Å². The summed E-state index contributed by atoms with van der Waals surface area (Å²) < 4.78 is 3.52. The summed E-state index contributed by atoms with van der Waals surface area (Å²) in [6, 6.07) is 16.2. The fourth-order valence-electron chi connectivity index (χ4n) is 2.10. The van der Waals surface area contributed by atoms with Crippen LogP contribution < -0.4 is 0 Å². The van der Waals surface area contributed by atoms with Crippen molar-refractivity contribution in [2.45, 2.75) is 6.92 Å². The van der Waals surface area contributed by atoms with Crippen molar-refractivity contribution in [2.24, 2.45) is 0 Å². The molecule has 0 radical (unpaired) electrons. The fraction of sp³-hybridized carbons (Fsp3) is 0.0667. The van der Waals surface area contributed by atoms with Gasteiger partial charge < -0.3 is 0 Å². The third-order valence-electron chi connectivity index (χ3n) is 3.05. The van der Waals surface area contributed by atoms with Gasteiger partial charge in [-0.25, -0.2) is 0 Å². The predicted molar refractivity (Wildman–Crippen MR) is 86.6 cm³/mol. The molecular weight excluding hydrogens is 334 g/mol. The second-order valence-corrected chi connectivity index (χ2v) is 5.75. The first-order valence-corrected chi connectivity index (χ1v) is 7.36. The molecule has 0 unspecified atom stereocenters. The largest absolute Gasteiger partial charge is 0.268 e. The lowest BCUT2D eigenvalue weighted by Gasteiger charge is -2.08. The maximum atomic E-state index is 5.35. The zero-order chi connectivity index (χ0) is 14.1. The summed E-state index contributed by atoms with van der Waals surface area (Å²) in [7, 11) is 0. The maximum absolute atomic E-state index is 5.35. The van der Waals surface area contributed by atoms with Crippen molar-refractivity contribution in [3.05, 3.63) is 63.3 Å². The molecular formula is C15H12BrN3S. The van der Waals surface area contributed by atoms with Crippen LogP contribution in [-0.4, -0.2) is 14.8 Å². The molecule has 0 atom stereocenters. The van der Waals surface area contributed by atoms with E-state index in [0.717, 1.165) is 21.5 Å². The predicted octanol–water partition coefficient (Wildman–Crippen LogP) is 4.67. The molecule has 0 aliphatic carbocycles. The minimum absolute atomic E-state index is 0.582. The Bertz CT molecular complexity index is 805. The smallest absolute Gasteiger partial charge is 0.200 e. The van der Waals surface area contributed by atoms with Crippen molar-refractivity contribution in [1.82, 2.24) is 14.8 Å². The molecule has 0 bridgehead atoms. The topological polar surface area (TPSA) is 33.6 Å². The van der Waals surface area contributed by atoms with Crippen LogP contribution in [0.3, 0.4) is 0 Å². The van der Waals surface area contributed by atoms with Crippen molar-refractivity contribution >= 4 is 28.1 Å². The molecule has 20 heavy (non-hydrogen) atoms. The normalized spacial score (nSPS) is 10.7. The van der Waals surface area contributed by atoms with E-state index >= 15 is 0 Å². The first-order valence-electron chi connectivity index (χ1n) is 6.16. The molecule has 5 heteroatoms. The number of halogens is 1. The molecule has 3 aromatic rings. The Hall–Kier alpha value is -1.72. The van der Waals surface area contributed by atoms with Gasteiger partial charge in [-0.3, -0.25) is 9.67 Å². The molecule has 3 rings (SSSR count). The van der Waals surface area contributed by atoms with E-state index in [1.807, 2.05) is 41.0 Å². The number of rotatable bonds is 2. The molecule has 1 aromatic heterocycles. The lowest BCUT2D eigenvalue weighted by Crippen LogP contribution is -1.98. The van der Waals surface area contributed by atoms with Gasteiger partial charge in [0.25, 0.3) is 0 Å². The number of hydrogen-bond acceptors (Lipinski definition) is 2. The fourth-order valence-corrected chi connectivity index (χ4v) is 3.00. The average molecular weight is 346 g/mol. The number of aromatic nitrogens is 3. The number of hydrogen-bond donors (Lipinski definition) is 1. The number of nitrogens with zero attached hydrogens (tertiary/aromatic N) is 2. The minimum atomic E-state index is 0.582. The standard InChI is InChI=1S/C15H12BrN3S/c1-10-7-8-12(13(16)9-10)14-17-18-15(20)19(14)11-5-3-2-4-6-11/h2-9H,1H3,(H,18,20). The summed E-state index contributed by atoms with van der Waals surface area (Å²) >= 11 is 8.95. The number of H-pyrrole nitrogens is 1. The molecule has 0 aliphatic heterocycles. The van der Waals surface area contributed by atoms with Crippen LogP contribution in [0.5, 0.6) is 0 Å². The first-order chi connectivity index (χ1) is 9.66. The van der Waals surface area contributed by atoms with Gasteiger partial charge in [0, 0.05) is 15.7 Å². The lowest BCUT2D eigenvalue weighted by molar-refractivity contribution is 1.04. The summed E-state index contributed by atoms with van der Waals surface area (Å²) in [5.41, 5.74) is 3.20. The summed E-state index contributed by atoms with van der Waals surface area (Å²) in [5.74, 6) is 0.799. The third-order valence-corrected chi connectivity index (χ3v) is 3.98. The average Bonchev–Trinajstić information content (AvgIpc) is 2.81. The quantitative estimate of drug-likeness (QED) is 0.684. The number of nitrogens with one attached hydrogen (secondary N) is 1. The van der Waals surface area contributed by atoms with Gasteiger partial charge in [-0.1, -0.05) is 40.2 Å². The van der Waals surface area contributed by atoms with E-state index in [9.17, 15) is 0 Å². The summed E-state index contributed by atoms with van der Waals surface area (Å²) in [6.07, 6.45) is 0. The van der Waals surface area contributed by atoms with Gasteiger partial charge in [-0.2, -0.15) is 5.10 Å². The highest BCUT2D eigenvalue weighted by atomic mass is 79.9. The first kappa shape index (κ1) is 13.3. The Morgan fingerprint density at radius 1 is 1.15 bits per heavy atom. The van der Waals surface area contributed by atoms with Gasteiger partial charge in [0.15, 0.2) is 10.6 Å². The Labute approximate surface area is 130 Å². The highest BCUT2D eigenvalue weighted by Crippen LogP contribution is 2.29. The van der Waals surface area contributed by atoms with E-state index in [1.54, 1.807) is 0 Å². The molecule has 0 saturated carbocycles. The molecule has 2 aromatic carbocycles. The Morgan fingerprint density at radius 3 is 2.60 bits per heavy atom. The number of aryl methyl sites for hydroxylation is 1. The zero-order valence-electron chi connectivity index (χ0n) is 10.8. The van der Waals surface area contributed by atoms with Crippen LogP contribution in [0.4, 0.5) is 0 Å². The highest BCUT2D eigenvalue weighted by Gasteiger charge is 2.13. The van der Waals surface area contributed by atoms with Gasteiger partial charge in [0.1, 0.15) is 0 Å². The van der Waals surface area contributed by atoms with Crippen LogP contribution in [0.1, 0.15) is 5.56 Å². The second kappa shape index (κ2) is 5.34. The van der Waals surface area contributed by atoms with Crippen LogP contribution in [-0.2, 0) is 0 Å². The van der Waals surface area contributed by atoms with E-state index in [1.165, 1.54) is 5.56 Å². The summed E-state index contributed by atoms with van der Waals surface area (Å²) in [5, 5.41) is 7.24. The molecule has 0 spiro atoms. The van der Waals surface area contributed by atoms with Crippen LogP contribution in [0.2, 0.25) is 0 Å². The third kappa shape index (κ3) is 2.34. The molecule has 0 saturated heterocycles. The molecule has 0 fully saturated rings. The van der Waals surface area contributed by atoms with E-state index in [2.05, 4.69) is 45.2 Å². The second-order valence-electron chi connectivity index (χ2n) is 4.51. The van der Waals surface area contributed by atoms with Gasteiger partial charge in [-0.05, 0) is 49.0 Å². The van der Waals surface area contributed by atoms with Gasteiger partial charge in [0.05, 0.1) is 0 Å². The van der Waals surface area contributed by atoms with Crippen molar-refractivity contribution < 1.29 is 0 Å². The van der Waals surface area contributed by atoms with Crippen LogP contribution in [0, 0.1) is 11.7 Å². The van der Waals surface area contributed by atoms with Crippen LogP contribution >= 0.6 is 28.1 Å². The van der Waals surface area contributed by atoms with Gasteiger partial charge in [-0.15, -0.1) is 0 Å². The Morgan fingerprint density at radius 2 is 1.90 bits per heavy atom. The van der Waals surface area contributed by atoms with E-state index in [-0.39, 0.29) is 0 Å². The summed E-state index contributed by atoms with van der Waals surface area (Å²) in [4.78, 5) is 0. The molecule has 0 aliphatic rings. The maximum Gasteiger partial charge on any atom is 0.200 e.